The summed E-state index contributed by atoms with van der Waals surface area (Å²) in [5.74, 6) is -0.0755. The second kappa shape index (κ2) is 5.14. The van der Waals surface area contributed by atoms with Gasteiger partial charge in [0.05, 0.1) is 12.2 Å². The van der Waals surface area contributed by atoms with Gasteiger partial charge in [0.2, 0.25) is 0 Å². The van der Waals surface area contributed by atoms with Gasteiger partial charge in [-0.15, -0.1) is 0 Å². The fourth-order valence-electron chi connectivity index (χ4n) is 1.60. The molecule has 6 heteroatoms. The van der Waals surface area contributed by atoms with Gasteiger partial charge in [0.25, 0.3) is 5.91 Å². The van der Waals surface area contributed by atoms with Crippen LogP contribution in [0.3, 0.4) is 0 Å². The van der Waals surface area contributed by atoms with Crippen LogP contribution in [0.4, 0.5) is 5.13 Å². The smallest absolute Gasteiger partial charge is 0.265 e. The molecular formula is C12H14N4OS. The molecule has 2 heterocycles. The van der Waals surface area contributed by atoms with Crippen LogP contribution in [0.15, 0.2) is 30.7 Å². The zero-order valence-corrected chi connectivity index (χ0v) is 11.0. The van der Waals surface area contributed by atoms with Crippen molar-refractivity contribution in [1.29, 1.82) is 0 Å². The zero-order chi connectivity index (χ0) is 13.1. The van der Waals surface area contributed by atoms with Gasteiger partial charge in [0.1, 0.15) is 4.88 Å². The Hall–Kier alpha value is -1.95. The first kappa shape index (κ1) is 12.5. The van der Waals surface area contributed by atoms with Crippen LogP contribution >= 0.6 is 11.3 Å². The summed E-state index contributed by atoms with van der Waals surface area (Å²) >= 11 is 1.20. The molecule has 2 aromatic rings. The Kier molecular flexibility index (Phi) is 3.57. The Morgan fingerprint density at radius 1 is 1.44 bits per heavy atom. The van der Waals surface area contributed by atoms with Crippen molar-refractivity contribution in [1.82, 2.24) is 14.9 Å². The van der Waals surface area contributed by atoms with Gasteiger partial charge in [-0.3, -0.25) is 9.78 Å². The van der Waals surface area contributed by atoms with E-state index < -0.39 is 0 Å². The summed E-state index contributed by atoms with van der Waals surface area (Å²) in [6.07, 6.45) is 4.95. The first-order valence-electron chi connectivity index (χ1n) is 5.48. The molecule has 0 bridgehead atoms. The van der Waals surface area contributed by atoms with Gasteiger partial charge in [0.15, 0.2) is 5.13 Å². The van der Waals surface area contributed by atoms with Crippen molar-refractivity contribution in [2.75, 3.05) is 12.8 Å². The number of pyridine rings is 1. The number of thiazole rings is 1. The van der Waals surface area contributed by atoms with Gasteiger partial charge in [0, 0.05) is 19.4 Å². The number of nitrogens with two attached hydrogens (primary N) is 1. The fourth-order valence-corrected chi connectivity index (χ4v) is 2.27. The van der Waals surface area contributed by atoms with Gasteiger partial charge in [-0.2, -0.15) is 0 Å². The molecular weight excluding hydrogens is 248 g/mol. The van der Waals surface area contributed by atoms with Crippen LogP contribution in [0.2, 0.25) is 0 Å². The molecule has 2 rings (SSSR count). The first-order chi connectivity index (χ1) is 8.59. The SMILES string of the molecule is CC(c1ccncc1)N(C)C(=O)c1cnc(N)s1. The van der Waals surface area contributed by atoms with Crippen LogP contribution < -0.4 is 5.73 Å². The summed E-state index contributed by atoms with van der Waals surface area (Å²) in [7, 11) is 1.77. The van der Waals surface area contributed by atoms with Crippen molar-refractivity contribution in [2.24, 2.45) is 0 Å². The topological polar surface area (TPSA) is 72.1 Å². The van der Waals surface area contributed by atoms with Gasteiger partial charge >= 0.3 is 0 Å². The Morgan fingerprint density at radius 2 is 2.11 bits per heavy atom. The van der Waals surface area contributed by atoms with E-state index in [2.05, 4.69) is 9.97 Å². The Labute approximate surface area is 109 Å². The first-order valence-corrected chi connectivity index (χ1v) is 6.29. The number of amides is 1. The molecule has 0 fully saturated rings. The number of carbonyl (C=O) groups excluding carboxylic acids is 1. The largest absolute Gasteiger partial charge is 0.375 e. The molecule has 0 saturated carbocycles. The lowest BCUT2D eigenvalue weighted by molar-refractivity contribution is 0.0747. The van der Waals surface area contributed by atoms with Gasteiger partial charge in [-0.25, -0.2) is 4.98 Å². The molecule has 1 atom stereocenters. The predicted octanol–water partition coefficient (Wildman–Crippen LogP) is 1.95. The number of anilines is 1. The van der Waals surface area contributed by atoms with Crippen LogP contribution in [-0.4, -0.2) is 27.8 Å². The summed E-state index contributed by atoms with van der Waals surface area (Å²) in [5, 5.41) is 0.406. The summed E-state index contributed by atoms with van der Waals surface area (Å²) in [6, 6.07) is 3.77. The summed E-state index contributed by atoms with van der Waals surface area (Å²) in [5.41, 5.74) is 6.57. The van der Waals surface area contributed by atoms with E-state index >= 15 is 0 Å². The van der Waals surface area contributed by atoms with Crippen molar-refractivity contribution < 1.29 is 4.79 Å². The molecule has 18 heavy (non-hydrogen) atoms. The lowest BCUT2D eigenvalue weighted by Gasteiger charge is -2.24. The van der Waals surface area contributed by atoms with Crippen LogP contribution in [0, 0.1) is 0 Å². The molecule has 1 amide bonds. The Bertz CT molecular complexity index is 540. The minimum atomic E-state index is -0.0755. The number of nitrogen functional groups attached to an aromatic ring is 1. The van der Waals surface area contributed by atoms with Gasteiger partial charge in [-0.05, 0) is 24.6 Å². The summed E-state index contributed by atoms with van der Waals surface area (Å²) < 4.78 is 0. The quantitative estimate of drug-likeness (QED) is 0.917. The average molecular weight is 262 g/mol. The number of hydrogen-bond acceptors (Lipinski definition) is 5. The lowest BCUT2D eigenvalue weighted by atomic mass is 10.1. The lowest BCUT2D eigenvalue weighted by Crippen LogP contribution is -2.29. The van der Waals surface area contributed by atoms with Crippen molar-refractivity contribution >= 4 is 22.4 Å². The number of hydrogen-bond donors (Lipinski definition) is 1. The molecule has 1 unspecified atom stereocenters. The van der Waals surface area contributed by atoms with Crippen LogP contribution in [0.1, 0.15) is 28.2 Å². The molecule has 0 spiro atoms. The van der Waals surface area contributed by atoms with E-state index in [1.807, 2.05) is 19.1 Å². The normalized spacial score (nSPS) is 12.1. The van der Waals surface area contributed by atoms with Crippen LogP contribution in [-0.2, 0) is 0 Å². The number of rotatable bonds is 3. The minimum Gasteiger partial charge on any atom is -0.375 e. The summed E-state index contributed by atoms with van der Waals surface area (Å²) in [6.45, 7) is 1.97. The maximum atomic E-state index is 12.2. The second-order valence-corrected chi connectivity index (χ2v) is 5.00. The van der Waals surface area contributed by atoms with Gasteiger partial charge in [-0.1, -0.05) is 11.3 Å². The molecule has 0 aliphatic rings. The minimum absolute atomic E-state index is 0.0242. The summed E-state index contributed by atoms with van der Waals surface area (Å²) in [4.78, 5) is 22.3. The van der Waals surface area contributed by atoms with Crippen LogP contribution in [0.5, 0.6) is 0 Å². The molecule has 0 radical (unpaired) electrons. The number of carbonyl (C=O) groups is 1. The van der Waals surface area contributed by atoms with Gasteiger partial charge < -0.3 is 10.6 Å². The maximum absolute atomic E-state index is 12.2. The van der Waals surface area contributed by atoms with Crippen molar-refractivity contribution in [3.63, 3.8) is 0 Å². The maximum Gasteiger partial charge on any atom is 0.265 e. The van der Waals surface area contributed by atoms with Crippen molar-refractivity contribution in [3.8, 4) is 0 Å². The standard InChI is InChI=1S/C12H14N4OS/c1-8(9-3-5-14-6-4-9)16(2)11(17)10-7-15-12(13)18-10/h3-8H,1-2H3,(H2,13,15). The van der Waals surface area contributed by atoms with Crippen LogP contribution in [0.25, 0.3) is 0 Å². The highest BCUT2D eigenvalue weighted by molar-refractivity contribution is 7.17. The molecule has 2 aromatic heterocycles. The van der Waals surface area contributed by atoms with E-state index in [0.717, 1.165) is 5.56 Å². The molecule has 94 valence electrons. The third-order valence-electron chi connectivity index (χ3n) is 2.82. The van der Waals surface area contributed by atoms with E-state index in [4.69, 9.17) is 5.73 Å². The molecule has 0 aliphatic heterocycles. The zero-order valence-electron chi connectivity index (χ0n) is 10.2. The molecule has 5 nitrogen and oxygen atoms in total. The third-order valence-corrected chi connectivity index (χ3v) is 3.64. The fraction of sp³-hybridized carbons (Fsp3) is 0.250. The molecule has 0 aliphatic carbocycles. The van der Waals surface area contributed by atoms with E-state index in [0.29, 0.717) is 10.0 Å². The van der Waals surface area contributed by atoms with E-state index in [1.165, 1.54) is 17.5 Å². The van der Waals surface area contributed by atoms with Crippen molar-refractivity contribution in [3.05, 3.63) is 41.2 Å². The monoisotopic (exact) mass is 262 g/mol. The molecule has 0 aromatic carbocycles. The number of aromatic nitrogens is 2. The predicted molar refractivity (Wildman–Crippen MR) is 71.3 cm³/mol. The highest BCUT2D eigenvalue weighted by Gasteiger charge is 2.20. The van der Waals surface area contributed by atoms with Crippen molar-refractivity contribution in [2.45, 2.75) is 13.0 Å². The second-order valence-electron chi connectivity index (χ2n) is 3.94. The Balaban J connectivity index is 2.16. The molecule has 2 N–H and O–H groups in total. The van der Waals surface area contributed by atoms with E-state index in [-0.39, 0.29) is 11.9 Å². The highest BCUT2D eigenvalue weighted by Crippen LogP contribution is 2.22. The third kappa shape index (κ3) is 2.48. The molecule has 0 saturated heterocycles. The number of nitrogens with zero attached hydrogens (tertiary/aromatic N) is 3. The van der Waals surface area contributed by atoms with E-state index in [1.54, 1.807) is 24.3 Å². The average Bonchev–Trinajstić information content (AvgIpc) is 2.84. The highest BCUT2D eigenvalue weighted by atomic mass is 32.1. The van der Waals surface area contributed by atoms with E-state index in [9.17, 15) is 4.79 Å². The Morgan fingerprint density at radius 3 is 2.67 bits per heavy atom.